The third kappa shape index (κ3) is 4.42. The van der Waals surface area contributed by atoms with Crippen molar-refractivity contribution in [2.45, 2.75) is 58.3 Å². The molecule has 0 heterocycles. The minimum atomic E-state index is -0.833. The summed E-state index contributed by atoms with van der Waals surface area (Å²) in [5, 5.41) is 0. The molecule has 0 unspecified atom stereocenters. The van der Waals surface area contributed by atoms with Crippen LogP contribution >= 0.6 is 0 Å². The molecule has 0 spiro atoms. The molecule has 1 aliphatic carbocycles. The largest absolute Gasteiger partial charge is 0.206 e. The van der Waals surface area contributed by atoms with Gasteiger partial charge in [0.25, 0.3) is 0 Å². The van der Waals surface area contributed by atoms with Gasteiger partial charge in [-0.1, -0.05) is 68.8 Å². The molecule has 0 saturated heterocycles. The second-order valence-corrected chi connectivity index (χ2v) is 8.70. The molecule has 31 heavy (non-hydrogen) atoms. The topological polar surface area (TPSA) is 0 Å². The Kier molecular flexibility index (Phi) is 6.50. The summed E-state index contributed by atoms with van der Waals surface area (Å²) in [6.07, 6.45) is 6.38. The smallest absolute Gasteiger partial charge is 0.166 e. The summed E-state index contributed by atoms with van der Waals surface area (Å²) in [6, 6.07) is 15.8. The molecule has 3 heteroatoms. The monoisotopic (exact) mass is 422 g/mol. The van der Waals surface area contributed by atoms with Crippen molar-refractivity contribution in [3.63, 3.8) is 0 Å². The molecule has 1 fully saturated rings. The van der Waals surface area contributed by atoms with Crippen molar-refractivity contribution in [3.8, 4) is 22.3 Å². The van der Waals surface area contributed by atoms with Gasteiger partial charge in [-0.05, 0) is 72.3 Å². The Bertz CT molecular complexity index is 1040. The minimum absolute atomic E-state index is 0.222. The Morgan fingerprint density at radius 1 is 0.710 bits per heavy atom. The SMILES string of the molecule is CCc1ccc(-c2ccc(-c3ccc(C4CCC(CC)CC4)cc3F)cc2)c(F)c1F. The zero-order valence-corrected chi connectivity index (χ0v) is 18.2. The second kappa shape index (κ2) is 9.30. The molecule has 1 aliphatic rings. The molecule has 3 aromatic rings. The van der Waals surface area contributed by atoms with Crippen molar-refractivity contribution < 1.29 is 13.2 Å². The first-order valence-electron chi connectivity index (χ1n) is 11.4. The predicted octanol–water partition coefficient (Wildman–Crippen LogP) is 8.68. The van der Waals surface area contributed by atoms with E-state index in [-0.39, 0.29) is 11.4 Å². The van der Waals surface area contributed by atoms with Crippen LogP contribution in [0.25, 0.3) is 22.3 Å². The molecular weight excluding hydrogens is 393 g/mol. The summed E-state index contributed by atoms with van der Waals surface area (Å²) in [4.78, 5) is 0. The van der Waals surface area contributed by atoms with E-state index in [4.69, 9.17) is 0 Å². The second-order valence-electron chi connectivity index (χ2n) is 8.70. The van der Waals surface area contributed by atoms with Crippen LogP contribution in [0, 0.1) is 23.4 Å². The molecule has 1 saturated carbocycles. The van der Waals surface area contributed by atoms with Crippen LogP contribution in [-0.2, 0) is 6.42 Å². The van der Waals surface area contributed by atoms with Gasteiger partial charge in [-0.15, -0.1) is 0 Å². The Morgan fingerprint density at radius 2 is 1.32 bits per heavy atom. The molecule has 3 aromatic carbocycles. The lowest BCUT2D eigenvalue weighted by atomic mass is 9.77. The average Bonchev–Trinajstić information content (AvgIpc) is 2.81. The molecule has 0 atom stereocenters. The fraction of sp³-hybridized carbons (Fsp3) is 0.357. The number of halogens is 3. The normalized spacial score (nSPS) is 18.9. The molecular formula is C28H29F3. The van der Waals surface area contributed by atoms with Crippen molar-refractivity contribution in [3.05, 3.63) is 83.2 Å². The van der Waals surface area contributed by atoms with E-state index in [2.05, 4.69) is 6.92 Å². The molecule has 4 rings (SSSR count). The predicted molar refractivity (Wildman–Crippen MR) is 122 cm³/mol. The van der Waals surface area contributed by atoms with E-state index < -0.39 is 11.6 Å². The Labute approximate surface area is 183 Å². The van der Waals surface area contributed by atoms with Crippen LogP contribution in [0.3, 0.4) is 0 Å². The first-order chi connectivity index (χ1) is 15.0. The molecule has 0 radical (unpaired) electrons. The first-order valence-corrected chi connectivity index (χ1v) is 11.4. The van der Waals surface area contributed by atoms with Gasteiger partial charge in [0, 0.05) is 11.1 Å². The number of hydrogen-bond donors (Lipinski definition) is 0. The van der Waals surface area contributed by atoms with E-state index in [1.807, 2.05) is 12.1 Å². The summed E-state index contributed by atoms with van der Waals surface area (Å²) in [7, 11) is 0. The Balaban J connectivity index is 1.55. The Hall–Kier alpha value is -2.55. The van der Waals surface area contributed by atoms with Crippen molar-refractivity contribution in [2.24, 2.45) is 5.92 Å². The standard InChI is InChI=1S/C28H29F3/c1-3-18-5-7-20(8-6-18)23-14-15-24(26(29)17-23)21-9-11-22(12-10-21)25-16-13-19(4-2)27(30)28(25)31/h9-18,20H,3-8H2,1-2H3. The highest BCUT2D eigenvalue weighted by Crippen LogP contribution is 2.38. The van der Waals surface area contributed by atoms with E-state index >= 15 is 0 Å². The van der Waals surface area contributed by atoms with Gasteiger partial charge >= 0.3 is 0 Å². The van der Waals surface area contributed by atoms with Crippen LogP contribution in [0.4, 0.5) is 13.2 Å². The zero-order valence-electron chi connectivity index (χ0n) is 18.2. The van der Waals surface area contributed by atoms with Gasteiger partial charge in [-0.3, -0.25) is 0 Å². The number of aryl methyl sites for hydroxylation is 1. The summed E-state index contributed by atoms with van der Waals surface area (Å²) in [5.74, 6) is -0.598. The van der Waals surface area contributed by atoms with Gasteiger partial charge in [0.15, 0.2) is 11.6 Å². The van der Waals surface area contributed by atoms with Gasteiger partial charge < -0.3 is 0 Å². The van der Waals surface area contributed by atoms with E-state index in [9.17, 15) is 13.2 Å². The summed E-state index contributed by atoms with van der Waals surface area (Å²) < 4.78 is 43.6. The van der Waals surface area contributed by atoms with Gasteiger partial charge in [0.1, 0.15) is 5.82 Å². The van der Waals surface area contributed by atoms with Gasteiger partial charge in [-0.25, -0.2) is 13.2 Å². The number of rotatable bonds is 5. The van der Waals surface area contributed by atoms with Crippen molar-refractivity contribution in [1.82, 2.24) is 0 Å². The van der Waals surface area contributed by atoms with E-state index in [1.54, 1.807) is 49.4 Å². The molecule has 0 nitrogen and oxygen atoms in total. The quantitative estimate of drug-likeness (QED) is 0.386. The van der Waals surface area contributed by atoms with Crippen LogP contribution in [0.5, 0.6) is 0 Å². The third-order valence-electron chi connectivity index (χ3n) is 6.94. The van der Waals surface area contributed by atoms with Crippen molar-refractivity contribution in [2.75, 3.05) is 0 Å². The highest BCUT2D eigenvalue weighted by Gasteiger charge is 2.22. The van der Waals surface area contributed by atoms with Gasteiger partial charge in [0.05, 0.1) is 0 Å². The molecule has 0 bridgehead atoms. The zero-order chi connectivity index (χ0) is 22.0. The summed E-state index contributed by atoms with van der Waals surface area (Å²) in [5.41, 5.74) is 3.51. The minimum Gasteiger partial charge on any atom is -0.206 e. The lowest BCUT2D eigenvalue weighted by Crippen LogP contribution is -2.12. The fourth-order valence-corrected chi connectivity index (χ4v) is 4.84. The highest BCUT2D eigenvalue weighted by atomic mass is 19.2. The van der Waals surface area contributed by atoms with E-state index in [0.717, 1.165) is 29.9 Å². The molecule has 0 aromatic heterocycles. The molecule has 162 valence electrons. The highest BCUT2D eigenvalue weighted by molar-refractivity contribution is 5.71. The van der Waals surface area contributed by atoms with Crippen molar-refractivity contribution >= 4 is 0 Å². The molecule has 0 aliphatic heterocycles. The number of hydrogen-bond acceptors (Lipinski definition) is 0. The van der Waals surface area contributed by atoms with E-state index in [1.165, 1.54) is 19.3 Å². The average molecular weight is 423 g/mol. The lowest BCUT2D eigenvalue weighted by Gasteiger charge is -2.28. The number of benzene rings is 3. The Morgan fingerprint density at radius 3 is 1.90 bits per heavy atom. The van der Waals surface area contributed by atoms with E-state index in [0.29, 0.717) is 29.0 Å². The maximum atomic E-state index is 14.9. The van der Waals surface area contributed by atoms with Gasteiger partial charge in [-0.2, -0.15) is 0 Å². The maximum Gasteiger partial charge on any atom is 0.166 e. The summed E-state index contributed by atoms with van der Waals surface area (Å²) >= 11 is 0. The first kappa shape index (κ1) is 21.7. The van der Waals surface area contributed by atoms with Crippen molar-refractivity contribution in [1.29, 1.82) is 0 Å². The molecule has 0 N–H and O–H groups in total. The van der Waals surface area contributed by atoms with Crippen LogP contribution in [0.15, 0.2) is 54.6 Å². The maximum absolute atomic E-state index is 14.9. The molecule has 0 amide bonds. The van der Waals surface area contributed by atoms with Gasteiger partial charge in [0.2, 0.25) is 0 Å². The van der Waals surface area contributed by atoms with Crippen LogP contribution in [0.2, 0.25) is 0 Å². The van der Waals surface area contributed by atoms with Crippen LogP contribution in [-0.4, -0.2) is 0 Å². The van der Waals surface area contributed by atoms with Crippen LogP contribution in [0.1, 0.15) is 63.0 Å². The lowest BCUT2D eigenvalue weighted by molar-refractivity contribution is 0.318. The fourth-order valence-electron chi connectivity index (χ4n) is 4.84. The summed E-state index contributed by atoms with van der Waals surface area (Å²) in [6.45, 7) is 4.04. The third-order valence-corrected chi connectivity index (χ3v) is 6.94. The van der Waals surface area contributed by atoms with Crippen LogP contribution < -0.4 is 0 Å².